The third kappa shape index (κ3) is 15.1. The number of hydrogen-bond donors (Lipinski definition) is 7. The lowest BCUT2D eigenvalue weighted by molar-refractivity contribution is 0.0240. The first kappa shape index (κ1) is 33.0. The largest absolute Gasteiger partial charge is 0.444 e. The maximum atomic E-state index is 11.7. The number of rotatable bonds is 18. The fraction of sp³-hybridized carbons (Fsp3) is 0.731. The molecule has 0 bridgehead atoms. The number of ether oxygens (including phenoxy) is 1. The van der Waals surface area contributed by atoms with Crippen LogP contribution in [0.25, 0.3) is 0 Å². The van der Waals surface area contributed by atoms with E-state index in [1.807, 2.05) is 49.9 Å². The van der Waals surface area contributed by atoms with Crippen molar-refractivity contribution in [1.29, 1.82) is 0 Å². The lowest BCUT2D eigenvalue weighted by Crippen LogP contribution is -2.45. The van der Waals surface area contributed by atoms with Gasteiger partial charge in [-0.3, -0.25) is 4.90 Å². The molecule has 1 aromatic rings. The molecule has 37 heavy (non-hydrogen) atoms. The van der Waals surface area contributed by atoms with Crippen LogP contribution in [0.1, 0.15) is 39.2 Å². The minimum Gasteiger partial charge on any atom is -0.444 e. The number of aliphatic hydroxyl groups excluding tert-OH is 6. The number of aliphatic hydroxyl groups is 6. The van der Waals surface area contributed by atoms with Crippen LogP contribution < -0.4 is 10.2 Å². The van der Waals surface area contributed by atoms with Gasteiger partial charge in [-0.1, -0.05) is 12.1 Å². The third-order valence-corrected chi connectivity index (χ3v) is 5.55. The number of anilines is 1. The summed E-state index contributed by atoms with van der Waals surface area (Å²) in [6.45, 7) is 6.00. The highest BCUT2D eigenvalue weighted by Crippen LogP contribution is 2.17. The van der Waals surface area contributed by atoms with E-state index in [-0.39, 0.29) is 26.2 Å². The van der Waals surface area contributed by atoms with Crippen LogP contribution in [0.4, 0.5) is 10.5 Å². The van der Waals surface area contributed by atoms with Gasteiger partial charge in [-0.25, -0.2) is 4.79 Å². The van der Waals surface area contributed by atoms with Gasteiger partial charge in [0.1, 0.15) is 5.60 Å². The lowest BCUT2D eigenvalue weighted by Gasteiger charge is -2.32. The number of nitrogens with zero attached hydrogens (tertiary/aromatic N) is 2. The van der Waals surface area contributed by atoms with Gasteiger partial charge in [-0.2, -0.15) is 0 Å². The molecule has 0 heterocycles. The molecule has 0 aliphatic rings. The summed E-state index contributed by atoms with van der Waals surface area (Å²) in [5.41, 5.74) is 1.45. The van der Waals surface area contributed by atoms with Crippen molar-refractivity contribution < 1.29 is 40.2 Å². The number of hydrogen-bond acceptors (Lipinski definition) is 10. The Morgan fingerprint density at radius 2 is 1.41 bits per heavy atom. The van der Waals surface area contributed by atoms with Crippen LogP contribution in [-0.4, -0.2) is 125 Å². The Balaban J connectivity index is 2.67. The van der Waals surface area contributed by atoms with Crippen LogP contribution in [0.15, 0.2) is 24.3 Å². The van der Waals surface area contributed by atoms with Crippen molar-refractivity contribution in [3.05, 3.63) is 29.8 Å². The Bertz CT molecular complexity index is 732. The molecule has 3 atom stereocenters. The van der Waals surface area contributed by atoms with Gasteiger partial charge in [0, 0.05) is 45.0 Å². The second-order valence-electron chi connectivity index (χ2n) is 10.3. The van der Waals surface area contributed by atoms with Gasteiger partial charge in [-0.05, 0) is 57.7 Å². The van der Waals surface area contributed by atoms with Crippen LogP contribution in [0, 0.1) is 0 Å². The summed E-state index contributed by atoms with van der Waals surface area (Å²) in [5, 5.41) is 60.2. The molecule has 0 aliphatic carbocycles. The summed E-state index contributed by atoms with van der Waals surface area (Å²) in [5.74, 6) is 0. The maximum Gasteiger partial charge on any atom is 0.407 e. The standard InChI is InChI=1S/C26H47N3O8/c1-26(2,3)37-25(36)27-11-5-4-6-20-7-9-21(10-8-20)29(16-24(35)19-32)13-12-28(14-22(33)17-30)15-23(34)18-31/h7-10,22-24,30-35H,4-6,11-19H2,1-3H3,(H,27,36). The van der Waals surface area contributed by atoms with E-state index in [2.05, 4.69) is 5.32 Å². The lowest BCUT2D eigenvalue weighted by atomic mass is 10.1. The molecule has 11 heteroatoms. The zero-order valence-corrected chi connectivity index (χ0v) is 22.4. The van der Waals surface area contributed by atoms with Gasteiger partial charge in [0.05, 0.1) is 38.1 Å². The van der Waals surface area contributed by atoms with E-state index in [1.165, 1.54) is 0 Å². The number of unbranched alkanes of at least 4 members (excludes halogenated alkanes) is 1. The average molecular weight is 530 g/mol. The van der Waals surface area contributed by atoms with Gasteiger partial charge in [-0.15, -0.1) is 0 Å². The molecule has 1 amide bonds. The second kappa shape index (κ2) is 17.5. The SMILES string of the molecule is CC(C)(C)OC(=O)NCCCCc1ccc(N(CCN(CC(O)CO)CC(O)CO)CC(O)CO)cc1. The highest BCUT2D eigenvalue weighted by atomic mass is 16.6. The number of amides is 1. The summed E-state index contributed by atoms with van der Waals surface area (Å²) in [6, 6.07) is 7.87. The molecule has 0 aromatic heterocycles. The van der Waals surface area contributed by atoms with E-state index in [4.69, 9.17) is 4.74 Å². The predicted molar refractivity (Wildman–Crippen MR) is 142 cm³/mol. The molecule has 7 N–H and O–H groups in total. The summed E-state index contributed by atoms with van der Waals surface area (Å²) in [4.78, 5) is 15.3. The summed E-state index contributed by atoms with van der Waals surface area (Å²) >= 11 is 0. The van der Waals surface area contributed by atoms with Crippen molar-refractivity contribution in [2.75, 3.05) is 64.0 Å². The molecular weight excluding hydrogens is 482 g/mol. The van der Waals surface area contributed by atoms with E-state index in [0.717, 1.165) is 30.5 Å². The van der Waals surface area contributed by atoms with E-state index < -0.39 is 43.2 Å². The number of benzene rings is 1. The van der Waals surface area contributed by atoms with Gasteiger partial charge in [0.25, 0.3) is 0 Å². The summed E-state index contributed by atoms with van der Waals surface area (Å²) < 4.78 is 5.22. The number of alkyl carbamates (subject to hydrolysis) is 1. The molecule has 0 aliphatic heterocycles. The Hall–Kier alpha value is -1.99. The molecule has 214 valence electrons. The Kier molecular flexibility index (Phi) is 15.6. The molecule has 11 nitrogen and oxygen atoms in total. The van der Waals surface area contributed by atoms with Crippen LogP contribution in [0.3, 0.4) is 0 Å². The van der Waals surface area contributed by atoms with Crippen LogP contribution in [0.5, 0.6) is 0 Å². The van der Waals surface area contributed by atoms with E-state index in [9.17, 15) is 35.4 Å². The van der Waals surface area contributed by atoms with Crippen molar-refractivity contribution >= 4 is 11.8 Å². The predicted octanol–water partition coefficient (Wildman–Crippen LogP) is -0.298. The zero-order chi connectivity index (χ0) is 27.8. The molecule has 0 saturated heterocycles. The summed E-state index contributed by atoms with van der Waals surface area (Å²) in [7, 11) is 0. The summed E-state index contributed by atoms with van der Waals surface area (Å²) in [6.07, 6.45) is -0.805. The topological polar surface area (TPSA) is 166 Å². The molecule has 1 rings (SSSR count). The number of carbonyl (C=O) groups is 1. The van der Waals surface area contributed by atoms with Crippen molar-refractivity contribution in [2.24, 2.45) is 0 Å². The highest BCUT2D eigenvalue weighted by Gasteiger charge is 2.18. The first-order chi connectivity index (χ1) is 17.5. The van der Waals surface area contributed by atoms with Crippen molar-refractivity contribution in [2.45, 2.75) is 63.9 Å². The molecule has 1 aromatic carbocycles. The van der Waals surface area contributed by atoms with Gasteiger partial charge >= 0.3 is 6.09 Å². The molecule has 0 spiro atoms. The van der Waals surface area contributed by atoms with Gasteiger partial charge < -0.3 is 45.6 Å². The first-order valence-electron chi connectivity index (χ1n) is 12.9. The van der Waals surface area contributed by atoms with Gasteiger partial charge in [0.15, 0.2) is 0 Å². The van der Waals surface area contributed by atoms with Gasteiger partial charge in [0.2, 0.25) is 0 Å². The Morgan fingerprint density at radius 1 is 0.865 bits per heavy atom. The number of aryl methyl sites for hydroxylation is 1. The number of carbonyl (C=O) groups excluding carboxylic acids is 1. The van der Waals surface area contributed by atoms with E-state index in [1.54, 1.807) is 4.90 Å². The van der Waals surface area contributed by atoms with E-state index >= 15 is 0 Å². The van der Waals surface area contributed by atoms with Crippen LogP contribution in [0.2, 0.25) is 0 Å². The molecule has 0 saturated carbocycles. The molecule has 0 radical (unpaired) electrons. The van der Waals surface area contributed by atoms with E-state index in [0.29, 0.717) is 19.6 Å². The molecular formula is C26H47N3O8. The normalized spacial score (nSPS) is 14.3. The third-order valence-electron chi connectivity index (χ3n) is 5.55. The average Bonchev–Trinajstić information content (AvgIpc) is 2.85. The minimum atomic E-state index is -0.985. The minimum absolute atomic E-state index is 0.117. The fourth-order valence-electron chi connectivity index (χ4n) is 3.70. The Labute approximate surface area is 220 Å². The second-order valence-corrected chi connectivity index (χ2v) is 10.3. The van der Waals surface area contributed by atoms with Crippen molar-refractivity contribution in [1.82, 2.24) is 10.2 Å². The quantitative estimate of drug-likeness (QED) is 0.126. The van der Waals surface area contributed by atoms with Crippen LogP contribution >= 0.6 is 0 Å². The van der Waals surface area contributed by atoms with Crippen molar-refractivity contribution in [3.63, 3.8) is 0 Å². The molecule has 0 fully saturated rings. The smallest absolute Gasteiger partial charge is 0.407 e. The number of nitrogens with one attached hydrogen (secondary N) is 1. The highest BCUT2D eigenvalue weighted by molar-refractivity contribution is 5.67. The first-order valence-corrected chi connectivity index (χ1v) is 12.9. The zero-order valence-electron chi connectivity index (χ0n) is 22.4. The van der Waals surface area contributed by atoms with Crippen LogP contribution in [-0.2, 0) is 11.2 Å². The van der Waals surface area contributed by atoms with Crippen molar-refractivity contribution in [3.8, 4) is 0 Å². The molecule has 3 unspecified atom stereocenters. The monoisotopic (exact) mass is 529 g/mol. The Morgan fingerprint density at radius 3 is 1.92 bits per heavy atom. The maximum absolute atomic E-state index is 11.7. The fourth-order valence-corrected chi connectivity index (χ4v) is 3.70.